The standard InChI is InChI=1S/C22H23N5O6S/c1-32-17-12-15(13-18(14-17)33-2)21(29)23-11-8-20(28)26-16-4-6-19(7-5-16)34(30,31)27-22-24-9-3-10-25-22/h3-7,9-10,12-14H,8,11H2,1-2H3,(H,23,29)(H,26,28)(H,24,25,27). The SMILES string of the molecule is COc1cc(OC)cc(C(=O)NCCC(=O)Nc2ccc(S(=O)(=O)Nc3ncccn3)cc2)c1. The van der Waals surface area contributed by atoms with Crippen LogP contribution in [0, 0.1) is 0 Å². The number of anilines is 2. The van der Waals surface area contributed by atoms with E-state index in [1.807, 2.05) is 0 Å². The van der Waals surface area contributed by atoms with E-state index in [0.29, 0.717) is 22.7 Å². The molecule has 0 saturated heterocycles. The zero-order valence-electron chi connectivity index (χ0n) is 18.4. The second-order valence-electron chi connectivity index (χ2n) is 6.86. The number of aromatic nitrogens is 2. The Morgan fingerprint density at radius 2 is 1.56 bits per heavy atom. The van der Waals surface area contributed by atoms with E-state index in [-0.39, 0.29) is 35.6 Å². The van der Waals surface area contributed by atoms with E-state index in [2.05, 4.69) is 25.3 Å². The number of sulfonamides is 1. The molecule has 0 bridgehead atoms. The predicted octanol–water partition coefficient (Wildman–Crippen LogP) is 2.05. The zero-order chi connectivity index (χ0) is 24.6. The Balaban J connectivity index is 1.51. The first-order chi connectivity index (χ1) is 16.3. The lowest BCUT2D eigenvalue weighted by atomic mass is 10.2. The van der Waals surface area contributed by atoms with Crippen LogP contribution >= 0.6 is 0 Å². The molecule has 3 N–H and O–H groups in total. The van der Waals surface area contributed by atoms with Gasteiger partial charge >= 0.3 is 0 Å². The minimum atomic E-state index is -3.87. The molecule has 0 unspecified atom stereocenters. The van der Waals surface area contributed by atoms with Crippen LogP contribution in [0.4, 0.5) is 11.6 Å². The van der Waals surface area contributed by atoms with Crippen molar-refractivity contribution in [2.45, 2.75) is 11.3 Å². The summed E-state index contributed by atoms with van der Waals surface area (Å²) < 4.78 is 37.4. The fourth-order valence-corrected chi connectivity index (χ4v) is 3.76. The Labute approximate surface area is 196 Å². The van der Waals surface area contributed by atoms with Gasteiger partial charge in [0.05, 0.1) is 19.1 Å². The van der Waals surface area contributed by atoms with E-state index >= 15 is 0 Å². The van der Waals surface area contributed by atoms with Crippen LogP contribution in [-0.4, -0.2) is 51.0 Å². The number of carbonyl (C=O) groups excluding carboxylic acids is 2. The van der Waals surface area contributed by atoms with Gasteiger partial charge in [-0.25, -0.2) is 23.1 Å². The van der Waals surface area contributed by atoms with Gasteiger partial charge in [-0.15, -0.1) is 0 Å². The van der Waals surface area contributed by atoms with Crippen molar-refractivity contribution in [3.05, 3.63) is 66.5 Å². The normalized spacial score (nSPS) is 10.8. The maximum absolute atomic E-state index is 12.4. The van der Waals surface area contributed by atoms with Crippen molar-refractivity contribution in [3.63, 3.8) is 0 Å². The van der Waals surface area contributed by atoms with Crippen molar-refractivity contribution in [3.8, 4) is 11.5 Å². The van der Waals surface area contributed by atoms with E-state index < -0.39 is 10.0 Å². The summed E-state index contributed by atoms with van der Waals surface area (Å²) in [6.45, 7) is 0.0949. The molecular formula is C22H23N5O6S. The number of methoxy groups -OCH3 is 2. The summed E-state index contributed by atoms with van der Waals surface area (Å²) in [5.41, 5.74) is 0.742. The minimum Gasteiger partial charge on any atom is -0.497 e. The number of rotatable bonds is 10. The van der Waals surface area contributed by atoms with Crippen LogP contribution in [0.5, 0.6) is 11.5 Å². The third-order valence-corrected chi connectivity index (χ3v) is 5.84. The molecule has 1 heterocycles. The summed E-state index contributed by atoms with van der Waals surface area (Å²) in [5, 5.41) is 5.31. The quantitative estimate of drug-likeness (QED) is 0.395. The zero-order valence-corrected chi connectivity index (χ0v) is 19.3. The Morgan fingerprint density at radius 1 is 0.941 bits per heavy atom. The number of ether oxygens (including phenoxy) is 2. The molecule has 3 rings (SSSR count). The van der Waals surface area contributed by atoms with Gasteiger partial charge in [0.2, 0.25) is 11.9 Å². The van der Waals surface area contributed by atoms with E-state index in [4.69, 9.17) is 9.47 Å². The van der Waals surface area contributed by atoms with Crippen LogP contribution in [0.1, 0.15) is 16.8 Å². The second-order valence-corrected chi connectivity index (χ2v) is 8.54. The summed E-state index contributed by atoms with van der Waals surface area (Å²) >= 11 is 0. The third-order valence-electron chi connectivity index (χ3n) is 4.49. The van der Waals surface area contributed by atoms with Gasteiger partial charge < -0.3 is 20.1 Å². The highest BCUT2D eigenvalue weighted by Gasteiger charge is 2.16. The lowest BCUT2D eigenvalue weighted by molar-refractivity contribution is -0.116. The molecule has 2 amide bonds. The molecule has 2 aromatic carbocycles. The molecule has 0 fully saturated rings. The highest BCUT2D eigenvalue weighted by molar-refractivity contribution is 7.92. The molecule has 0 aliphatic rings. The molecule has 178 valence electrons. The lowest BCUT2D eigenvalue weighted by Gasteiger charge is -2.10. The van der Waals surface area contributed by atoms with Crippen LogP contribution < -0.4 is 24.8 Å². The molecular weight excluding hydrogens is 462 g/mol. The number of carbonyl (C=O) groups is 2. The van der Waals surface area contributed by atoms with E-state index in [0.717, 1.165) is 0 Å². The second kappa shape index (κ2) is 11.1. The highest BCUT2D eigenvalue weighted by Crippen LogP contribution is 2.22. The maximum Gasteiger partial charge on any atom is 0.264 e. The van der Waals surface area contributed by atoms with E-state index in [9.17, 15) is 18.0 Å². The monoisotopic (exact) mass is 485 g/mol. The van der Waals surface area contributed by atoms with Crippen molar-refractivity contribution < 1.29 is 27.5 Å². The highest BCUT2D eigenvalue weighted by atomic mass is 32.2. The molecule has 0 aliphatic heterocycles. The van der Waals surface area contributed by atoms with Crippen LogP contribution in [0.3, 0.4) is 0 Å². The van der Waals surface area contributed by atoms with Crippen molar-refractivity contribution in [1.29, 1.82) is 0 Å². The first-order valence-electron chi connectivity index (χ1n) is 10.0. The average molecular weight is 486 g/mol. The first kappa shape index (κ1) is 24.5. The molecule has 1 aromatic heterocycles. The summed E-state index contributed by atoms with van der Waals surface area (Å²) in [7, 11) is -0.906. The van der Waals surface area contributed by atoms with Crippen molar-refractivity contribution in [2.24, 2.45) is 0 Å². The number of amides is 2. The van der Waals surface area contributed by atoms with Crippen molar-refractivity contribution in [2.75, 3.05) is 30.8 Å². The Hall–Kier alpha value is -4.19. The molecule has 0 saturated carbocycles. The first-order valence-corrected chi connectivity index (χ1v) is 11.5. The van der Waals surface area contributed by atoms with Gasteiger partial charge in [-0.2, -0.15) is 0 Å². The molecule has 0 atom stereocenters. The molecule has 0 radical (unpaired) electrons. The maximum atomic E-state index is 12.4. The molecule has 0 aliphatic carbocycles. The van der Waals surface area contributed by atoms with E-state index in [1.165, 1.54) is 50.9 Å². The molecule has 3 aromatic rings. The summed E-state index contributed by atoms with van der Waals surface area (Å²) in [6, 6.07) is 11.9. The molecule has 34 heavy (non-hydrogen) atoms. The Morgan fingerprint density at radius 3 is 2.15 bits per heavy atom. The van der Waals surface area contributed by atoms with E-state index in [1.54, 1.807) is 24.3 Å². The van der Waals surface area contributed by atoms with Gasteiger partial charge in [0, 0.05) is 42.7 Å². The van der Waals surface area contributed by atoms with Crippen LogP contribution in [0.2, 0.25) is 0 Å². The number of hydrogen-bond acceptors (Lipinski definition) is 8. The van der Waals surface area contributed by atoms with Crippen molar-refractivity contribution >= 4 is 33.5 Å². The number of nitrogens with zero attached hydrogens (tertiary/aromatic N) is 2. The van der Waals surface area contributed by atoms with Crippen molar-refractivity contribution in [1.82, 2.24) is 15.3 Å². The minimum absolute atomic E-state index is 0.0137. The number of nitrogens with one attached hydrogen (secondary N) is 3. The lowest BCUT2D eigenvalue weighted by Crippen LogP contribution is -2.27. The summed E-state index contributed by atoms with van der Waals surface area (Å²) in [5.74, 6) is 0.164. The molecule has 12 heteroatoms. The fourth-order valence-electron chi connectivity index (χ4n) is 2.80. The molecule has 11 nitrogen and oxygen atoms in total. The topological polar surface area (TPSA) is 149 Å². The molecule has 0 spiro atoms. The van der Waals surface area contributed by atoms with Crippen LogP contribution in [-0.2, 0) is 14.8 Å². The number of hydrogen-bond donors (Lipinski definition) is 3. The summed E-state index contributed by atoms with van der Waals surface area (Å²) in [4.78, 5) is 32.2. The Kier molecular flexibility index (Phi) is 7.98. The summed E-state index contributed by atoms with van der Waals surface area (Å²) in [6.07, 6.45) is 2.85. The average Bonchev–Trinajstić information content (AvgIpc) is 2.84. The fraction of sp³-hybridized carbons (Fsp3) is 0.182. The van der Waals surface area contributed by atoms with Gasteiger partial charge in [0.15, 0.2) is 0 Å². The van der Waals surface area contributed by atoms with Crippen LogP contribution in [0.25, 0.3) is 0 Å². The van der Waals surface area contributed by atoms with Gasteiger partial charge in [0.25, 0.3) is 15.9 Å². The van der Waals surface area contributed by atoms with Crippen LogP contribution in [0.15, 0.2) is 65.8 Å². The predicted molar refractivity (Wildman–Crippen MR) is 124 cm³/mol. The third kappa shape index (κ3) is 6.65. The van der Waals surface area contributed by atoms with Gasteiger partial charge in [0.1, 0.15) is 11.5 Å². The smallest absolute Gasteiger partial charge is 0.264 e. The van der Waals surface area contributed by atoms with Gasteiger partial charge in [-0.3, -0.25) is 9.59 Å². The van der Waals surface area contributed by atoms with Gasteiger partial charge in [-0.05, 0) is 42.5 Å². The largest absolute Gasteiger partial charge is 0.497 e. The number of benzene rings is 2. The Bertz CT molecular complexity index is 1230. The van der Waals surface area contributed by atoms with Gasteiger partial charge in [-0.1, -0.05) is 0 Å².